The minimum absolute atomic E-state index is 0.0214. The SMILES string of the molecule is CNc1ccc(Br)cc1.COc1ccc(CCNC(=O)Cn2nnc(C=O)c2N)cc1OC. The second-order valence-electron chi connectivity index (χ2n) is 6.68. The first-order valence-corrected chi connectivity index (χ1v) is 10.8. The summed E-state index contributed by atoms with van der Waals surface area (Å²) in [6, 6.07) is 13.6. The minimum atomic E-state index is -0.274. The first kappa shape index (κ1) is 25.7. The molecule has 1 heterocycles. The molecule has 0 aliphatic rings. The number of anilines is 2. The molecule has 11 heteroatoms. The standard InChI is InChI=1S/C15H19N5O4.C7H8BrN/c1-23-12-4-3-10(7-13(12)24-2)5-6-17-14(22)8-20-15(16)11(9-21)18-19-20;1-9-7-4-2-6(8)3-5-7/h3-4,7,9H,5-6,8,16H2,1-2H3,(H,17,22);2-5,9H,1H3. The van der Waals surface area contributed by atoms with E-state index in [-0.39, 0.29) is 24.0 Å². The molecular formula is C22H27BrN6O4. The zero-order valence-electron chi connectivity index (χ0n) is 18.7. The number of methoxy groups -OCH3 is 2. The summed E-state index contributed by atoms with van der Waals surface area (Å²) < 4.78 is 12.7. The maximum Gasteiger partial charge on any atom is 0.241 e. The third-order valence-electron chi connectivity index (χ3n) is 4.52. The molecule has 10 nitrogen and oxygen atoms in total. The number of carbonyl (C=O) groups is 2. The Balaban J connectivity index is 0.000000357. The highest BCUT2D eigenvalue weighted by Gasteiger charge is 2.11. The highest BCUT2D eigenvalue weighted by Crippen LogP contribution is 2.27. The van der Waals surface area contributed by atoms with Gasteiger partial charge in [-0.3, -0.25) is 9.59 Å². The van der Waals surface area contributed by atoms with Crippen molar-refractivity contribution in [2.24, 2.45) is 0 Å². The molecule has 3 rings (SSSR count). The Bertz CT molecular complexity index is 1060. The van der Waals surface area contributed by atoms with Crippen molar-refractivity contribution in [1.82, 2.24) is 20.3 Å². The Morgan fingerprint density at radius 3 is 2.42 bits per heavy atom. The van der Waals surface area contributed by atoms with Gasteiger partial charge in [0.05, 0.1) is 14.2 Å². The molecule has 33 heavy (non-hydrogen) atoms. The molecule has 4 N–H and O–H groups in total. The molecule has 2 aromatic carbocycles. The number of hydrogen-bond donors (Lipinski definition) is 3. The summed E-state index contributed by atoms with van der Waals surface area (Å²) in [7, 11) is 5.05. The van der Waals surface area contributed by atoms with E-state index in [2.05, 4.69) is 36.9 Å². The lowest BCUT2D eigenvalue weighted by Crippen LogP contribution is -2.30. The van der Waals surface area contributed by atoms with Gasteiger partial charge < -0.3 is 25.8 Å². The van der Waals surface area contributed by atoms with Gasteiger partial charge in [0.15, 0.2) is 29.3 Å². The largest absolute Gasteiger partial charge is 0.493 e. The van der Waals surface area contributed by atoms with Crippen molar-refractivity contribution >= 4 is 39.6 Å². The summed E-state index contributed by atoms with van der Waals surface area (Å²) in [6.07, 6.45) is 1.12. The highest BCUT2D eigenvalue weighted by molar-refractivity contribution is 9.10. The number of amides is 1. The average Bonchev–Trinajstić information content (AvgIpc) is 3.18. The molecule has 0 aliphatic heterocycles. The van der Waals surface area contributed by atoms with Crippen LogP contribution in [0.4, 0.5) is 11.5 Å². The van der Waals surface area contributed by atoms with E-state index in [1.165, 1.54) is 4.68 Å². The van der Waals surface area contributed by atoms with Crippen LogP contribution < -0.4 is 25.8 Å². The Morgan fingerprint density at radius 1 is 1.15 bits per heavy atom. The topological polar surface area (TPSA) is 133 Å². The fraction of sp³-hybridized carbons (Fsp3) is 0.273. The van der Waals surface area contributed by atoms with Crippen molar-refractivity contribution in [1.29, 1.82) is 0 Å². The predicted molar refractivity (Wildman–Crippen MR) is 130 cm³/mol. The van der Waals surface area contributed by atoms with Crippen LogP contribution in [0.2, 0.25) is 0 Å². The second kappa shape index (κ2) is 13.1. The first-order valence-electron chi connectivity index (χ1n) is 9.96. The summed E-state index contributed by atoms with van der Waals surface area (Å²) in [5.74, 6) is 1.08. The molecule has 1 aromatic heterocycles. The molecule has 0 fully saturated rings. The van der Waals surface area contributed by atoms with Crippen LogP contribution in [-0.4, -0.2) is 55.0 Å². The third kappa shape index (κ3) is 7.79. The van der Waals surface area contributed by atoms with Crippen LogP contribution >= 0.6 is 15.9 Å². The smallest absolute Gasteiger partial charge is 0.241 e. The van der Waals surface area contributed by atoms with Gasteiger partial charge in [-0.2, -0.15) is 0 Å². The lowest BCUT2D eigenvalue weighted by atomic mass is 10.1. The summed E-state index contributed by atoms with van der Waals surface area (Å²) in [6.45, 7) is 0.335. The number of nitrogens with zero attached hydrogens (tertiary/aromatic N) is 3. The summed E-state index contributed by atoms with van der Waals surface area (Å²) in [5.41, 5.74) is 7.80. The molecule has 0 saturated carbocycles. The first-order chi connectivity index (χ1) is 15.9. The number of rotatable bonds is 9. The van der Waals surface area contributed by atoms with E-state index in [0.29, 0.717) is 30.8 Å². The van der Waals surface area contributed by atoms with Gasteiger partial charge in [-0.1, -0.05) is 27.2 Å². The van der Waals surface area contributed by atoms with Crippen molar-refractivity contribution in [3.05, 3.63) is 58.2 Å². The normalized spacial score (nSPS) is 9.94. The Morgan fingerprint density at radius 2 is 1.85 bits per heavy atom. The van der Waals surface area contributed by atoms with Gasteiger partial charge in [0.25, 0.3) is 0 Å². The number of aromatic nitrogens is 3. The Kier molecular flexibility index (Phi) is 10.2. The number of ether oxygens (including phenoxy) is 2. The molecule has 0 saturated heterocycles. The van der Waals surface area contributed by atoms with Crippen LogP contribution in [-0.2, 0) is 17.8 Å². The Labute approximate surface area is 200 Å². The van der Waals surface area contributed by atoms with Gasteiger partial charge in [-0.15, -0.1) is 5.10 Å². The van der Waals surface area contributed by atoms with Crippen molar-refractivity contribution in [2.75, 3.05) is 38.9 Å². The zero-order valence-corrected chi connectivity index (χ0v) is 20.3. The quantitative estimate of drug-likeness (QED) is 0.368. The lowest BCUT2D eigenvalue weighted by Gasteiger charge is -2.10. The summed E-state index contributed by atoms with van der Waals surface area (Å²) >= 11 is 3.35. The van der Waals surface area contributed by atoms with Crippen molar-refractivity contribution in [3.8, 4) is 11.5 Å². The molecule has 1 amide bonds. The van der Waals surface area contributed by atoms with Gasteiger partial charge in [0.2, 0.25) is 5.91 Å². The van der Waals surface area contributed by atoms with Gasteiger partial charge in [-0.25, -0.2) is 4.68 Å². The number of hydrogen-bond acceptors (Lipinski definition) is 8. The van der Waals surface area contributed by atoms with Crippen molar-refractivity contribution in [2.45, 2.75) is 13.0 Å². The van der Waals surface area contributed by atoms with E-state index in [0.717, 1.165) is 15.7 Å². The maximum absolute atomic E-state index is 11.9. The zero-order chi connectivity index (χ0) is 24.2. The molecule has 0 aliphatic carbocycles. The van der Waals surface area contributed by atoms with Gasteiger partial charge in [-0.05, 0) is 48.4 Å². The third-order valence-corrected chi connectivity index (χ3v) is 5.05. The van der Waals surface area contributed by atoms with Crippen LogP contribution in [0, 0.1) is 0 Å². The average molecular weight is 519 g/mol. The van der Waals surface area contributed by atoms with Crippen molar-refractivity contribution < 1.29 is 19.1 Å². The molecule has 0 bridgehead atoms. The number of benzene rings is 2. The van der Waals surface area contributed by atoms with E-state index < -0.39 is 0 Å². The number of carbonyl (C=O) groups excluding carboxylic acids is 2. The van der Waals surface area contributed by atoms with E-state index in [1.54, 1.807) is 14.2 Å². The van der Waals surface area contributed by atoms with Gasteiger partial charge >= 0.3 is 0 Å². The fourth-order valence-electron chi connectivity index (χ4n) is 2.73. The molecule has 0 atom stereocenters. The number of nitrogen functional groups attached to an aromatic ring is 1. The maximum atomic E-state index is 11.9. The molecule has 0 radical (unpaired) electrons. The molecule has 3 aromatic rings. The van der Waals surface area contributed by atoms with Crippen LogP contribution in [0.15, 0.2) is 46.9 Å². The van der Waals surface area contributed by atoms with Crippen LogP contribution in [0.1, 0.15) is 16.1 Å². The molecule has 0 spiro atoms. The summed E-state index contributed by atoms with van der Waals surface area (Å²) in [5, 5.41) is 13.0. The van der Waals surface area contributed by atoms with Crippen LogP contribution in [0.25, 0.3) is 0 Å². The minimum Gasteiger partial charge on any atom is -0.493 e. The van der Waals surface area contributed by atoms with Crippen LogP contribution in [0.5, 0.6) is 11.5 Å². The van der Waals surface area contributed by atoms with Crippen LogP contribution in [0.3, 0.4) is 0 Å². The van der Waals surface area contributed by atoms with Crippen molar-refractivity contribution in [3.63, 3.8) is 0 Å². The molecule has 176 valence electrons. The fourth-order valence-corrected chi connectivity index (χ4v) is 2.99. The van der Waals surface area contributed by atoms with E-state index >= 15 is 0 Å². The van der Waals surface area contributed by atoms with E-state index in [4.69, 9.17) is 15.2 Å². The predicted octanol–water partition coefficient (Wildman–Crippen LogP) is 2.54. The molecule has 0 unspecified atom stereocenters. The number of nitrogens with two attached hydrogens (primary N) is 1. The van der Waals surface area contributed by atoms with Gasteiger partial charge in [0.1, 0.15) is 6.54 Å². The highest BCUT2D eigenvalue weighted by atomic mass is 79.9. The van der Waals surface area contributed by atoms with E-state index in [1.807, 2.05) is 49.5 Å². The van der Waals surface area contributed by atoms with Gasteiger partial charge in [0, 0.05) is 23.8 Å². The number of aldehydes is 1. The summed E-state index contributed by atoms with van der Waals surface area (Å²) in [4.78, 5) is 22.5. The number of halogens is 1. The Hall–Kier alpha value is -3.60. The second-order valence-corrected chi connectivity index (χ2v) is 7.60. The monoisotopic (exact) mass is 518 g/mol. The molecular weight excluding hydrogens is 492 g/mol. The lowest BCUT2D eigenvalue weighted by molar-refractivity contribution is -0.121. The number of nitrogens with one attached hydrogen (secondary N) is 2. The van der Waals surface area contributed by atoms with E-state index in [9.17, 15) is 9.59 Å².